The van der Waals surface area contributed by atoms with Crippen molar-refractivity contribution in [3.63, 3.8) is 0 Å². The van der Waals surface area contributed by atoms with Gasteiger partial charge in [-0.1, -0.05) is 66.2 Å². The molecule has 0 amide bonds. The van der Waals surface area contributed by atoms with Crippen LogP contribution in [0.5, 0.6) is 0 Å². The quantitative estimate of drug-likeness (QED) is 0.113. The molecule has 0 radical (unpaired) electrons. The zero-order valence-corrected chi connectivity index (χ0v) is 26.9. The first-order valence-corrected chi connectivity index (χ1v) is 14.0. The molecule has 0 aliphatic heterocycles. The Labute approximate surface area is 248 Å². The Hall–Kier alpha value is 0.760. The van der Waals surface area contributed by atoms with E-state index in [-0.39, 0.29) is 71.0 Å². The summed E-state index contributed by atoms with van der Waals surface area (Å²) in [5.74, 6) is -5.31. The summed E-state index contributed by atoms with van der Waals surface area (Å²) in [5, 5.41) is 17.1. The average molecular weight is 547 g/mol. The van der Waals surface area contributed by atoms with Gasteiger partial charge in [-0.15, -0.1) is 0 Å². The summed E-state index contributed by atoms with van der Waals surface area (Å²) < 4.78 is 59.7. The van der Waals surface area contributed by atoms with Crippen molar-refractivity contribution in [2.75, 3.05) is 13.2 Å². The standard InChI is InChI=1S/C20H38O10S2.2Na/c1-5-9-11-15(7-3)13-29-31(25,26)17(19(21)22)18(20(23)24)32(27,28)30-14-16(8-4)12-10-6-2;;/h15-18H,5-14H2,1-4H3,(H,21,22)(H,23,24);;/q;2*+1/p-2. The summed E-state index contributed by atoms with van der Waals surface area (Å²) in [6.07, 6.45) is 5.56. The number of aliphatic carboxylic acids is 2. The normalized spacial score (nSPS) is 15.3. The van der Waals surface area contributed by atoms with Gasteiger partial charge in [-0.2, -0.15) is 16.8 Å². The molecule has 0 aromatic heterocycles. The predicted octanol–water partition coefficient (Wildman–Crippen LogP) is -5.64. The summed E-state index contributed by atoms with van der Waals surface area (Å²) in [6.45, 7) is 6.65. The van der Waals surface area contributed by atoms with Gasteiger partial charge in [-0.05, 0) is 24.7 Å². The zero-order chi connectivity index (χ0) is 24.9. The number of carbonyl (C=O) groups excluding carboxylic acids is 2. The molecule has 0 aliphatic rings. The fourth-order valence-corrected chi connectivity index (χ4v) is 6.28. The summed E-state index contributed by atoms with van der Waals surface area (Å²) >= 11 is 0. The second-order valence-corrected chi connectivity index (χ2v) is 11.3. The Morgan fingerprint density at radius 2 is 0.971 bits per heavy atom. The zero-order valence-electron chi connectivity index (χ0n) is 21.3. The van der Waals surface area contributed by atoms with E-state index in [9.17, 15) is 36.6 Å². The second kappa shape index (κ2) is 19.8. The van der Waals surface area contributed by atoms with Crippen LogP contribution >= 0.6 is 0 Å². The monoisotopic (exact) mass is 546 g/mol. The largest absolute Gasteiger partial charge is 1.00 e. The molecule has 4 atom stereocenters. The topological polar surface area (TPSA) is 167 Å². The molecule has 0 aromatic rings. The molecule has 0 saturated carbocycles. The van der Waals surface area contributed by atoms with Crippen molar-refractivity contribution < 1.29 is 104 Å². The molecule has 0 spiro atoms. The van der Waals surface area contributed by atoms with Gasteiger partial charge >= 0.3 is 59.1 Å². The maximum Gasteiger partial charge on any atom is 1.00 e. The van der Waals surface area contributed by atoms with Crippen molar-refractivity contribution in [2.45, 2.75) is 89.6 Å². The molecule has 14 heteroatoms. The Kier molecular flexibility index (Phi) is 22.9. The van der Waals surface area contributed by atoms with Crippen LogP contribution in [0.4, 0.5) is 0 Å². The molecule has 0 fully saturated rings. The van der Waals surface area contributed by atoms with E-state index in [0.717, 1.165) is 25.7 Å². The van der Waals surface area contributed by atoms with E-state index in [1.165, 1.54) is 0 Å². The van der Waals surface area contributed by atoms with Crippen LogP contribution in [-0.4, -0.2) is 52.5 Å². The second-order valence-electron chi connectivity index (χ2n) is 7.87. The third-order valence-corrected chi connectivity index (χ3v) is 8.66. The van der Waals surface area contributed by atoms with Gasteiger partial charge in [-0.25, -0.2) is 0 Å². The molecule has 10 nitrogen and oxygen atoms in total. The summed E-state index contributed by atoms with van der Waals surface area (Å²) in [4.78, 5) is 23.2. The molecule has 0 aromatic carbocycles. The van der Waals surface area contributed by atoms with Gasteiger partial charge in [0.1, 0.15) is 0 Å². The van der Waals surface area contributed by atoms with Crippen molar-refractivity contribution in [1.29, 1.82) is 0 Å². The van der Waals surface area contributed by atoms with Gasteiger partial charge in [0.05, 0.1) is 25.2 Å². The number of carboxylic acid groups (broad SMARTS) is 2. The minimum Gasteiger partial charge on any atom is -0.549 e. The van der Waals surface area contributed by atoms with E-state index in [1.807, 2.05) is 13.8 Å². The van der Waals surface area contributed by atoms with E-state index in [0.29, 0.717) is 25.7 Å². The molecular weight excluding hydrogens is 510 g/mol. The number of carboxylic acids is 2. The molecule has 0 bridgehead atoms. The van der Waals surface area contributed by atoms with Crippen LogP contribution < -0.4 is 69.3 Å². The molecule has 190 valence electrons. The van der Waals surface area contributed by atoms with Crippen molar-refractivity contribution in [3.8, 4) is 0 Å². The molecule has 4 unspecified atom stereocenters. The van der Waals surface area contributed by atoms with Crippen molar-refractivity contribution in [1.82, 2.24) is 0 Å². The van der Waals surface area contributed by atoms with E-state index >= 15 is 0 Å². The van der Waals surface area contributed by atoms with Crippen LogP contribution in [0.3, 0.4) is 0 Å². The number of rotatable bonds is 19. The Morgan fingerprint density at radius 3 is 1.18 bits per heavy atom. The number of hydrogen-bond acceptors (Lipinski definition) is 10. The molecule has 0 rings (SSSR count). The molecule has 0 aliphatic carbocycles. The molecular formula is C20H36Na2O10S2. The van der Waals surface area contributed by atoms with Crippen LogP contribution in [0.1, 0.15) is 79.1 Å². The minimum atomic E-state index is -5.18. The van der Waals surface area contributed by atoms with Gasteiger partial charge in [0, 0.05) is 0 Å². The molecule has 0 heterocycles. The first kappa shape index (κ1) is 39.3. The number of hydrogen-bond donors (Lipinski definition) is 0. The maximum atomic E-state index is 12.5. The van der Waals surface area contributed by atoms with Crippen molar-refractivity contribution >= 4 is 32.2 Å². The molecule has 34 heavy (non-hydrogen) atoms. The van der Waals surface area contributed by atoms with Crippen LogP contribution in [0.15, 0.2) is 0 Å². The SMILES string of the molecule is CCCCC(CC)COS(=O)(=O)C(C(=O)[O-])C(C(=O)[O-])S(=O)(=O)OCC(CC)CCCC.[Na+].[Na+]. The van der Waals surface area contributed by atoms with Gasteiger partial charge < -0.3 is 19.8 Å². The van der Waals surface area contributed by atoms with Crippen molar-refractivity contribution in [2.24, 2.45) is 11.8 Å². The summed E-state index contributed by atoms with van der Waals surface area (Å²) in [5.41, 5.74) is 0. The van der Waals surface area contributed by atoms with E-state index in [4.69, 9.17) is 8.37 Å². The maximum absolute atomic E-state index is 12.5. The Bertz CT molecular complexity index is 721. The average Bonchev–Trinajstić information content (AvgIpc) is 2.71. The van der Waals surface area contributed by atoms with E-state index < -0.39 is 55.9 Å². The van der Waals surface area contributed by atoms with Gasteiger partial charge in [0.2, 0.25) is 0 Å². The summed E-state index contributed by atoms with van der Waals surface area (Å²) in [6, 6.07) is 0. The smallest absolute Gasteiger partial charge is 0.549 e. The molecule has 0 N–H and O–H groups in total. The fourth-order valence-electron chi connectivity index (χ4n) is 3.11. The van der Waals surface area contributed by atoms with Crippen LogP contribution in [0, 0.1) is 11.8 Å². The van der Waals surface area contributed by atoms with Crippen LogP contribution in [0.2, 0.25) is 0 Å². The number of unbranched alkanes of at least 4 members (excludes halogenated alkanes) is 2. The van der Waals surface area contributed by atoms with E-state index in [2.05, 4.69) is 0 Å². The third-order valence-electron chi connectivity index (χ3n) is 5.38. The van der Waals surface area contributed by atoms with Crippen molar-refractivity contribution in [3.05, 3.63) is 0 Å². The Morgan fingerprint density at radius 1 is 0.676 bits per heavy atom. The first-order chi connectivity index (χ1) is 14.9. The van der Waals surface area contributed by atoms with Crippen LogP contribution in [0.25, 0.3) is 0 Å². The third kappa shape index (κ3) is 13.9. The minimum absolute atomic E-state index is 0. The number of carbonyl (C=O) groups is 2. The fraction of sp³-hybridized carbons (Fsp3) is 0.900. The van der Waals surface area contributed by atoms with Gasteiger partial charge in [0.25, 0.3) is 20.2 Å². The van der Waals surface area contributed by atoms with E-state index in [1.54, 1.807) is 13.8 Å². The summed E-state index contributed by atoms with van der Waals surface area (Å²) in [7, 11) is -10.4. The molecule has 0 saturated heterocycles. The van der Waals surface area contributed by atoms with Gasteiger partial charge in [-0.3, -0.25) is 8.37 Å². The van der Waals surface area contributed by atoms with Crippen LogP contribution in [-0.2, 0) is 38.2 Å². The van der Waals surface area contributed by atoms with Gasteiger partial charge in [0.15, 0.2) is 10.5 Å². The first-order valence-electron chi connectivity index (χ1n) is 11.1. The predicted molar refractivity (Wildman–Crippen MR) is 114 cm³/mol. The Balaban J connectivity index is -0.00000480.